The van der Waals surface area contributed by atoms with Crippen LogP contribution >= 0.6 is 0 Å². The van der Waals surface area contributed by atoms with Gasteiger partial charge in [0, 0.05) is 45.8 Å². The molecule has 0 saturated heterocycles. The Balaban J connectivity index is 1.21. The molecule has 60 heavy (non-hydrogen) atoms. The molecule has 11 aromatic rings. The van der Waals surface area contributed by atoms with Crippen molar-refractivity contribution in [1.82, 2.24) is 18.7 Å². The Morgan fingerprint density at radius 1 is 0.517 bits per heavy atom. The quantitative estimate of drug-likeness (QED) is 0.158. The summed E-state index contributed by atoms with van der Waals surface area (Å²) < 4.78 is 15.1. The second kappa shape index (κ2) is 13.6. The lowest BCUT2D eigenvalue weighted by molar-refractivity contribution is -0.575. The number of methoxy groups -OCH3 is 1. The minimum absolute atomic E-state index is 0.0770. The summed E-state index contributed by atoms with van der Waals surface area (Å²) in [5.74, 6) is 1.94. The zero-order valence-corrected chi connectivity index (χ0v) is 34.4. The zero-order chi connectivity index (χ0) is 40.7. The van der Waals surface area contributed by atoms with Gasteiger partial charge in [-0.1, -0.05) is 118 Å². The molecule has 11 rings (SSSR count). The van der Waals surface area contributed by atoms with Gasteiger partial charge < -0.3 is 4.74 Å². The van der Waals surface area contributed by atoms with E-state index in [9.17, 15) is 0 Å². The molecule has 4 heterocycles. The molecule has 0 amide bonds. The summed E-state index contributed by atoms with van der Waals surface area (Å²) in [4.78, 5) is 5.75. The van der Waals surface area contributed by atoms with E-state index in [1.165, 1.54) is 5.56 Å². The lowest BCUT2D eigenvalue weighted by atomic mass is 9.87. The van der Waals surface area contributed by atoms with Crippen molar-refractivity contribution in [1.29, 1.82) is 0 Å². The average molecular weight is 779 g/mol. The molecule has 0 fully saturated rings. The number of nitrogens with zero attached hydrogens (tertiary/aromatic N) is 5. The minimum atomic E-state index is 0.0770. The first-order chi connectivity index (χ1) is 29.3. The van der Waals surface area contributed by atoms with Gasteiger partial charge in [-0.15, -0.1) is 0 Å². The molecule has 6 heteroatoms. The second-order valence-corrected chi connectivity index (χ2v) is 16.7. The van der Waals surface area contributed by atoms with Crippen LogP contribution in [0.15, 0.2) is 176 Å². The summed E-state index contributed by atoms with van der Waals surface area (Å²) in [7, 11) is 1.72. The molecule has 0 aliphatic heterocycles. The van der Waals surface area contributed by atoms with Crippen LogP contribution in [-0.2, 0) is 5.41 Å². The summed E-state index contributed by atoms with van der Waals surface area (Å²) in [6.45, 7) is 9.00. The number of pyridine rings is 1. The van der Waals surface area contributed by atoms with Crippen LogP contribution in [0.2, 0.25) is 0 Å². The van der Waals surface area contributed by atoms with Crippen molar-refractivity contribution in [3.63, 3.8) is 0 Å². The maximum atomic E-state index is 5.75. The van der Waals surface area contributed by atoms with Crippen LogP contribution in [0.3, 0.4) is 0 Å². The summed E-state index contributed by atoms with van der Waals surface area (Å²) in [6, 6.07) is 63.1. The van der Waals surface area contributed by atoms with Crippen LogP contribution < -0.4 is 9.30 Å². The van der Waals surface area contributed by atoms with E-state index in [2.05, 4.69) is 222 Å². The molecule has 0 atom stereocenters. The lowest BCUT2D eigenvalue weighted by Gasteiger charge is -2.18. The number of aromatic nitrogens is 5. The Hall–Kier alpha value is -7.44. The highest BCUT2D eigenvalue weighted by Crippen LogP contribution is 2.46. The molecule has 4 aromatic heterocycles. The fraction of sp³-hybridized carbons (Fsp3) is 0.111. The molecule has 0 N–H and O–H groups in total. The molecule has 0 unspecified atom stereocenters. The highest BCUT2D eigenvalue weighted by Gasteiger charge is 2.28. The van der Waals surface area contributed by atoms with Gasteiger partial charge in [-0.2, -0.15) is 9.13 Å². The van der Waals surface area contributed by atoms with Crippen LogP contribution in [0.4, 0.5) is 0 Å². The van der Waals surface area contributed by atoms with Gasteiger partial charge in [0.15, 0.2) is 11.0 Å². The van der Waals surface area contributed by atoms with Crippen LogP contribution in [0.5, 0.6) is 5.75 Å². The van der Waals surface area contributed by atoms with Gasteiger partial charge in [0.2, 0.25) is 0 Å². The predicted molar refractivity (Wildman–Crippen MR) is 247 cm³/mol. The van der Waals surface area contributed by atoms with E-state index in [-0.39, 0.29) is 5.41 Å². The zero-order valence-electron chi connectivity index (χ0n) is 34.4. The number of benzene rings is 7. The number of fused-ring (bicyclic) bond motifs is 7. The van der Waals surface area contributed by atoms with Crippen molar-refractivity contribution in [3.05, 3.63) is 187 Å². The summed E-state index contributed by atoms with van der Waals surface area (Å²) in [5.41, 5.74) is 14.3. The highest BCUT2D eigenvalue weighted by atomic mass is 16.5. The van der Waals surface area contributed by atoms with Gasteiger partial charge in [0.1, 0.15) is 28.4 Å². The number of para-hydroxylation sites is 5. The first kappa shape index (κ1) is 35.7. The van der Waals surface area contributed by atoms with Crippen molar-refractivity contribution < 1.29 is 9.30 Å². The summed E-state index contributed by atoms with van der Waals surface area (Å²) >= 11 is 0. The fourth-order valence-corrected chi connectivity index (χ4v) is 9.35. The van der Waals surface area contributed by atoms with Crippen LogP contribution in [0.25, 0.3) is 88.8 Å². The molecular weight excluding hydrogens is 735 g/mol. The van der Waals surface area contributed by atoms with Crippen LogP contribution in [0.1, 0.15) is 32.2 Å². The Bertz CT molecular complexity index is 3440. The topological polar surface area (TPSA) is 40.8 Å². The van der Waals surface area contributed by atoms with Gasteiger partial charge in [-0.25, -0.2) is 4.98 Å². The molecule has 290 valence electrons. The maximum absolute atomic E-state index is 5.75. The number of hydrogen-bond acceptors (Lipinski definition) is 2. The number of ether oxygens (including phenoxy) is 1. The number of imidazole rings is 1. The van der Waals surface area contributed by atoms with E-state index in [0.717, 1.165) is 100 Å². The first-order valence-corrected chi connectivity index (χ1v) is 20.6. The van der Waals surface area contributed by atoms with Crippen molar-refractivity contribution in [3.8, 4) is 39.6 Å². The van der Waals surface area contributed by atoms with Crippen molar-refractivity contribution >= 4 is 54.9 Å². The standard InChI is InChI=1S/C54H44N5O/c1-35-56(39-30-28-37(29-31-39)54(2,3)4)47-24-13-14-25-48(47)57(35)40-18-15-19-41(34-40)59-46-23-12-10-21-44(46)51-49(36-26-32-42(60-5)33-27-36)50-43-20-9-11-22-45(43)58(52(50)55-53(51)59)38-16-7-6-8-17-38/h6-34H,1-5H3/q+1. The Labute approximate surface area is 348 Å². The molecule has 0 bridgehead atoms. The van der Waals surface area contributed by atoms with E-state index in [1.807, 2.05) is 0 Å². The largest absolute Gasteiger partial charge is 0.497 e. The van der Waals surface area contributed by atoms with Gasteiger partial charge >= 0.3 is 0 Å². The van der Waals surface area contributed by atoms with Crippen molar-refractivity contribution in [2.45, 2.75) is 33.1 Å². The lowest BCUT2D eigenvalue weighted by Crippen LogP contribution is -2.33. The van der Waals surface area contributed by atoms with Gasteiger partial charge in [0.25, 0.3) is 5.82 Å². The third kappa shape index (κ3) is 5.41. The van der Waals surface area contributed by atoms with E-state index in [0.29, 0.717) is 0 Å². The summed E-state index contributed by atoms with van der Waals surface area (Å²) in [6.07, 6.45) is 0. The normalized spacial score (nSPS) is 12.1. The van der Waals surface area contributed by atoms with Crippen molar-refractivity contribution in [2.24, 2.45) is 0 Å². The van der Waals surface area contributed by atoms with E-state index in [4.69, 9.17) is 9.72 Å². The molecule has 0 radical (unpaired) electrons. The maximum Gasteiger partial charge on any atom is 0.264 e. The third-order valence-corrected chi connectivity index (χ3v) is 12.2. The molecule has 0 spiro atoms. The second-order valence-electron chi connectivity index (χ2n) is 16.7. The minimum Gasteiger partial charge on any atom is -0.497 e. The molecule has 7 aromatic carbocycles. The molecule has 6 nitrogen and oxygen atoms in total. The average Bonchev–Trinajstić information content (AvgIpc) is 3.90. The SMILES string of the molecule is COc1ccc(-c2c3c4ccccc4n(-c4ccccc4)c3nc3c2c2ccccc2n3-c2cccc(-n3c(C)[n+](-c4ccc(C(C)(C)C)cc4)c4ccccc43)c2)cc1. The molecule has 0 aliphatic carbocycles. The van der Waals surface area contributed by atoms with Crippen LogP contribution in [-0.4, -0.2) is 25.8 Å². The van der Waals surface area contributed by atoms with Gasteiger partial charge in [0.05, 0.1) is 23.8 Å². The number of hydrogen-bond donors (Lipinski definition) is 0. The summed E-state index contributed by atoms with van der Waals surface area (Å²) in [5, 5.41) is 4.54. The molecule has 0 saturated carbocycles. The van der Waals surface area contributed by atoms with E-state index >= 15 is 0 Å². The van der Waals surface area contributed by atoms with E-state index in [1.54, 1.807) is 7.11 Å². The fourth-order valence-electron chi connectivity index (χ4n) is 9.35. The number of rotatable bonds is 6. The smallest absolute Gasteiger partial charge is 0.264 e. The monoisotopic (exact) mass is 778 g/mol. The molecular formula is C54H44N5O+. The van der Waals surface area contributed by atoms with E-state index < -0.39 is 0 Å². The van der Waals surface area contributed by atoms with Crippen LogP contribution in [0, 0.1) is 6.92 Å². The predicted octanol–water partition coefficient (Wildman–Crippen LogP) is 12.8. The highest BCUT2D eigenvalue weighted by molar-refractivity contribution is 6.26. The van der Waals surface area contributed by atoms with Gasteiger partial charge in [-0.3, -0.25) is 9.13 Å². The van der Waals surface area contributed by atoms with Crippen molar-refractivity contribution in [2.75, 3.05) is 7.11 Å². The Kier molecular flexibility index (Phi) is 8.07. The molecule has 0 aliphatic rings. The van der Waals surface area contributed by atoms with Gasteiger partial charge in [-0.05, 0) is 89.3 Å². The Morgan fingerprint density at radius 2 is 1.05 bits per heavy atom. The first-order valence-electron chi connectivity index (χ1n) is 20.6. The third-order valence-electron chi connectivity index (χ3n) is 12.2. The Morgan fingerprint density at radius 3 is 1.67 bits per heavy atom.